The van der Waals surface area contributed by atoms with Crippen molar-refractivity contribution in [1.29, 1.82) is 0 Å². The number of carboxylic acids is 1. The van der Waals surface area contributed by atoms with Gasteiger partial charge in [0.2, 0.25) is 17.7 Å². The molecule has 5 heterocycles. The zero-order valence-corrected chi connectivity index (χ0v) is 22.4. The molecule has 4 aliphatic rings. The van der Waals surface area contributed by atoms with Crippen molar-refractivity contribution in [3.8, 4) is 0 Å². The fourth-order valence-electron chi connectivity index (χ4n) is 5.99. The van der Waals surface area contributed by atoms with Gasteiger partial charge in [-0.25, -0.2) is 13.9 Å². The van der Waals surface area contributed by atoms with Crippen LogP contribution in [0.15, 0.2) is 16.9 Å². The lowest BCUT2D eigenvalue weighted by molar-refractivity contribution is -0.158. The molecule has 16 heteroatoms. The van der Waals surface area contributed by atoms with Crippen molar-refractivity contribution in [2.75, 3.05) is 19.6 Å². The highest BCUT2D eigenvalue weighted by molar-refractivity contribution is 8.03. The summed E-state index contributed by atoms with van der Waals surface area (Å²) in [6.07, 6.45) is 0.922. The van der Waals surface area contributed by atoms with Crippen molar-refractivity contribution in [2.45, 2.75) is 68.8 Å². The van der Waals surface area contributed by atoms with E-state index in [0.717, 1.165) is 0 Å². The maximum atomic E-state index is 14.1. The van der Waals surface area contributed by atoms with Crippen molar-refractivity contribution < 1.29 is 28.7 Å². The second-order valence-electron chi connectivity index (χ2n) is 10.6. The number of β-lactam (4-membered cyclic amide) rings is 1. The maximum absolute atomic E-state index is 14.1. The van der Waals surface area contributed by atoms with Crippen molar-refractivity contribution in [3.63, 3.8) is 0 Å². The van der Waals surface area contributed by atoms with Crippen LogP contribution in [0.25, 0.3) is 0 Å². The number of aromatic nitrogens is 4. The number of nitrogens with two attached hydrogens (primary N) is 1. The van der Waals surface area contributed by atoms with Gasteiger partial charge in [0.05, 0.1) is 24.5 Å². The number of likely N-dealkylation sites (tertiary alicyclic amines) is 1. The molecule has 1 aromatic rings. The first-order valence-corrected chi connectivity index (χ1v) is 13.8. The number of carboxylic acid groups (broad SMARTS) is 1. The maximum Gasteiger partial charge on any atom is 0.353 e. The van der Waals surface area contributed by atoms with Crippen LogP contribution in [-0.4, -0.2) is 114 Å². The molecule has 212 valence electrons. The third kappa shape index (κ3) is 5.12. The molecule has 0 bridgehead atoms. The third-order valence-corrected chi connectivity index (χ3v) is 9.51. The number of nitrogens with zero attached hydrogens (tertiary/aromatic N) is 6. The van der Waals surface area contributed by atoms with Gasteiger partial charge in [-0.15, -0.1) is 16.9 Å². The summed E-state index contributed by atoms with van der Waals surface area (Å²) in [6, 6.07) is -1.98. The summed E-state index contributed by atoms with van der Waals surface area (Å²) in [7, 11) is 0. The second-order valence-corrected chi connectivity index (χ2v) is 11.9. The Balaban J connectivity index is 1.22. The second kappa shape index (κ2) is 10.8. The lowest BCUT2D eigenvalue weighted by Crippen LogP contribution is -2.66. The molecule has 0 saturated carbocycles. The average molecular weight is 566 g/mol. The van der Waals surface area contributed by atoms with E-state index in [2.05, 4.69) is 26.2 Å². The van der Waals surface area contributed by atoms with E-state index in [0.29, 0.717) is 30.8 Å². The Morgan fingerprint density at radius 1 is 1.38 bits per heavy atom. The highest BCUT2D eigenvalue weighted by Crippen LogP contribution is 2.51. The number of piperidine rings is 1. The first-order chi connectivity index (χ1) is 18.6. The van der Waals surface area contributed by atoms with Gasteiger partial charge in [-0.05, 0) is 30.2 Å². The van der Waals surface area contributed by atoms with Gasteiger partial charge in [0.15, 0.2) is 0 Å². The molecule has 3 amide bonds. The highest BCUT2D eigenvalue weighted by atomic mass is 32.2. The standard InChI is InChI=1S/C23H32FN9O5S/c1-10-18-17(11(2)28-16(34)8-32-9-27-29-30-32)22(36)33(18)19(23(37)38)20(10)39-12-5-15(26-6-12)21(35)31-4-3-14(25)13(24)7-31/h9-15,17-18,26H,3-8,25H2,1-2H3,(H,28,34)(H,37,38)/t10-,11-,12+,13?,14?,15+,17-,18-/m1/s1. The molecule has 8 atom stereocenters. The van der Waals surface area contributed by atoms with Crippen LogP contribution >= 0.6 is 11.8 Å². The number of thioether (sulfide) groups is 1. The number of halogens is 1. The predicted molar refractivity (Wildman–Crippen MR) is 135 cm³/mol. The van der Waals surface area contributed by atoms with Crippen LogP contribution in [0, 0.1) is 11.8 Å². The molecule has 0 radical (unpaired) electrons. The van der Waals surface area contributed by atoms with Crippen molar-refractivity contribution >= 4 is 35.5 Å². The number of carbonyl (C=O) groups excluding carboxylic acids is 3. The van der Waals surface area contributed by atoms with E-state index < -0.39 is 42.2 Å². The molecule has 5 N–H and O–H groups in total. The molecule has 0 aromatic carbocycles. The predicted octanol–water partition coefficient (Wildman–Crippen LogP) is -1.69. The summed E-state index contributed by atoms with van der Waals surface area (Å²) >= 11 is 1.37. The number of aliphatic carboxylic acids is 1. The lowest BCUT2D eigenvalue weighted by atomic mass is 9.78. The summed E-state index contributed by atoms with van der Waals surface area (Å²) in [5.74, 6) is -2.93. The van der Waals surface area contributed by atoms with E-state index >= 15 is 0 Å². The van der Waals surface area contributed by atoms with Gasteiger partial charge >= 0.3 is 5.97 Å². The zero-order valence-electron chi connectivity index (χ0n) is 21.6. The molecule has 1 aromatic heterocycles. The molecule has 0 spiro atoms. The number of amides is 3. The third-order valence-electron chi connectivity index (χ3n) is 8.00. The Labute approximate surface area is 227 Å². The van der Waals surface area contributed by atoms with Crippen LogP contribution in [0.4, 0.5) is 4.39 Å². The number of hydrogen-bond acceptors (Lipinski definition) is 10. The van der Waals surface area contributed by atoms with Crippen LogP contribution in [0.1, 0.15) is 26.7 Å². The topological polar surface area (TPSA) is 189 Å². The van der Waals surface area contributed by atoms with E-state index in [1.165, 1.54) is 32.6 Å². The number of tetrazole rings is 1. The Morgan fingerprint density at radius 2 is 2.15 bits per heavy atom. The summed E-state index contributed by atoms with van der Waals surface area (Å²) in [6.45, 7) is 4.36. The van der Waals surface area contributed by atoms with Gasteiger partial charge in [-0.2, -0.15) is 0 Å². The van der Waals surface area contributed by atoms with Crippen LogP contribution in [0.5, 0.6) is 0 Å². The monoisotopic (exact) mass is 565 g/mol. The Bertz CT molecular complexity index is 1180. The lowest BCUT2D eigenvalue weighted by Gasteiger charge is -2.47. The Hall–Kier alpha value is -3.11. The molecule has 14 nitrogen and oxygen atoms in total. The smallest absolute Gasteiger partial charge is 0.353 e. The minimum Gasteiger partial charge on any atom is -0.477 e. The highest BCUT2D eigenvalue weighted by Gasteiger charge is 2.60. The molecule has 0 aliphatic carbocycles. The van der Waals surface area contributed by atoms with Crippen LogP contribution in [0.3, 0.4) is 0 Å². The van der Waals surface area contributed by atoms with Gasteiger partial charge in [-0.1, -0.05) is 6.92 Å². The number of alkyl halides is 1. The number of rotatable bonds is 8. The number of hydrogen-bond donors (Lipinski definition) is 4. The molecule has 2 unspecified atom stereocenters. The first-order valence-electron chi connectivity index (χ1n) is 13.0. The van der Waals surface area contributed by atoms with Crippen molar-refractivity contribution in [1.82, 2.24) is 40.6 Å². The van der Waals surface area contributed by atoms with Gasteiger partial charge in [0, 0.05) is 41.2 Å². The summed E-state index contributed by atoms with van der Waals surface area (Å²) in [5.41, 5.74) is 5.70. The number of fused-ring (bicyclic) bond motifs is 1. The largest absolute Gasteiger partial charge is 0.477 e. The average Bonchev–Trinajstić information content (AvgIpc) is 3.61. The molecular weight excluding hydrogens is 533 g/mol. The minimum absolute atomic E-state index is 0.0219. The SMILES string of the molecule is C[C@@H](NC(=O)Cn1cnnn1)[C@H]1C(=O)N2C(C(=O)O)=C(S[C@@H]3CN[C@H](C(=O)N4CCC(N)C(F)C4)C3)[C@H](C)[C@H]12. The molecule has 3 saturated heterocycles. The normalized spacial score (nSPS) is 33.1. The quantitative estimate of drug-likeness (QED) is 0.263. The fourth-order valence-corrected chi connectivity index (χ4v) is 7.47. The van der Waals surface area contributed by atoms with Gasteiger partial charge in [-0.3, -0.25) is 14.4 Å². The van der Waals surface area contributed by atoms with E-state index in [1.807, 2.05) is 6.92 Å². The summed E-state index contributed by atoms with van der Waals surface area (Å²) < 4.78 is 15.3. The molecule has 39 heavy (non-hydrogen) atoms. The summed E-state index contributed by atoms with van der Waals surface area (Å²) in [4.78, 5) is 54.2. The zero-order chi connectivity index (χ0) is 28.0. The Kier molecular flexibility index (Phi) is 7.61. The number of nitrogens with one attached hydrogen (secondary N) is 2. The molecule has 4 aliphatic heterocycles. The van der Waals surface area contributed by atoms with E-state index in [-0.39, 0.29) is 47.7 Å². The van der Waals surface area contributed by atoms with Crippen molar-refractivity contribution in [2.24, 2.45) is 17.6 Å². The molecular formula is C23H32FN9O5S. The van der Waals surface area contributed by atoms with Gasteiger partial charge in [0.1, 0.15) is 24.7 Å². The van der Waals surface area contributed by atoms with E-state index in [9.17, 15) is 28.7 Å². The fraction of sp³-hybridized carbons (Fsp3) is 0.696. The molecule has 3 fully saturated rings. The summed E-state index contributed by atoms with van der Waals surface area (Å²) in [5, 5.41) is 26.5. The van der Waals surface area contributed by atoms with Gasteiger partial charge < -0.3 is 31.3 Å². The van der Waals surface area contributed by atoms with Crippen molar-refractivity contribution in [3.05, 3.63) is 16.9 Å². The van der Waals surface area contributed by atoms with E-state index in [4.69, 9.17) is 5.73 Å². The van der Waals surface area contributed by atoms with Crippen LogP contribution < -0.4 is 16.4 Å². The number of carbonyl (C=O) groups is 4. The molecule has 5 rings (SSSR count). The van der Waals surface area contributed by atoms with Crippen LogP contribution in [-0.2, 0) is 25.7 Å². The minimum atomic E-state index is -1.25. The Morgan fingerprint density at radius 3 is 2.82 bits per heavy atom. The first kappa shape index (κ1) is 27.5. The van der Waals surface area contributed by atoms with Gasteiger partial charge in [0.25, 0.3) is 0 Å². The van der Waals surface area contributed by atoms with E-state index in [1.54, 1.807) is 6.92 Å². The van der Waals surface area contributed by atoms with Crippen LogP contribution in [0.2, 0.25) is 0 Å².